The van der Waals surface area contributed by atoms with Crippen molar-refractivity contribution in [3.63, 3.8) is 0 Å². The number of nitrogens with zero attached hydrogens (tertiary/aromatic N) is 1. The van der Waals surface area contributed by atoms with Gasteiger partial charge < -0.3 is 5.32 Å². The zero-order chi connectivity index (χ0) is 10.6. The summed E-state index contributed by atoms with van der Waals surface area (Å²) in [6.07, 6.45) is 4.11. The Morgan fingerprint density at radius 2 is 1.93 bits per heavy atom. The van der Waals surface area contributed by atoms with E-state index in [1.165, 1.54) is 25.8 Å². The minimum absolute atomic E-state index is 0.690. The summed E-state index contributed by atoms with van der Waals surface area (Å²) >= 11 is 0. The lowest BCUT2D eigenvalue weighted by molar-refractivity contribution is 0.240. The molecule has 0 saturated heterocycles. The Bertz CT molecular complexity index is 152. The predicted octanol–water partition coefficient (Wildman–Crippen LogP) is 2.10. The normalized spacial score (nSPS) is 19.3. The Morgan fingerprint density at radius 3 is 2.43 bits per heavy atom. The van der Waals surface area contributed by atoms with Gasteiger partial charge in [0, 0.05) is 18.6 Å². The molecule has 2 nitrogen and oxygen atoms in total. The van der Waals surface area contributed by atoms with E-state index in [4.69, 9.17) is 0 Å². The van der Waals surface area contributed by atoms with Gasteiger partial charge in [-0.3, -0.25) is 4.90 Å². The molecule has 0 radical (unpaired) electrons. The van der Waals surface area contributed by atoms with Crippen molar-refractivity contribution in [2.45, 2.75) is 52.1 Å². The van der Waals surface area contributed by atoms with Gasteiger partial charge in [-0.15, -0.1) is 0 Å². The first-order valence-electron chi connectivity index (χ1n) is 6.04. The Morgan fingerprint density at radius 1 is 1.29 bits per heavy atom. The molecule has 0 bridgehead atoms. The molecule has 0 aromatic heterocycles. The molecule has 0 amide bonds. The fraction of sp³-hybridized carbons (Fsp3) is 1.00. The number of hydrogen-bond acceptors (Lipinski definition) is 2. The first kappa shape index (κ1) is 12.0. The fourth-order valence-electron chi connectivity index (χ4n) is 1.69. The van der Waals surface area contributed by atoms with E-state index < -0.39 is 0 Å². The van der Waals surface area contributed by atoms with E-state index >= 15 is 0 Å². The Labute approximate surface area is 89.1 Å². The molecule has 1 rings (SSSR count). The van der Waals surface area contributed by atoms with Crippen molar-refractivity contribution >= 4 is 0 Å². The maximum Gasteiger partial charge on any atom is 0.0192 e. The second-order valence-electron chi connectivity index (χ2n) is 5.13. The number of hydrogen-bond donors (Lipinski definition) is 1. The molecule has 0 aromatic rings. The average molecular weight is 198 g/mol. The number of nitrogens with one attached hydrogen (secondary N) is 1. The van der Waals surface area contributed by atoms with Gasteiger partial charge in [0.25, 0.3) is 0 Å². The average Bonchev–Trinajstić information content (AvgIpc) is 2.93. The van der Waals surface area contributed by atoms with Crippen molar-refractivity contribution < 1.29 is 0 Å². The molecular formula is C12H26N2. The highest BCUT2D eigenvalue weighted by atomic mass is 15.2. The van der Waals surface area contributed by atoms with Crippen LogP contribution in [0, 0.1) is 5.92 Å². The molecule has 1 unspecified atom stereocenters. The lowest BCUT2D eigenvalue weighted by Gasteiger charge is -2.24. The maximum atomic E-state index is 3.54. The standard InChI is InChI=1S/C12H26N2/c1-10(2)7-8-13-9-11(3)14(4)12-5-6-12/h10-13H,5-9H2,1-4H3. The first-order chi connectivity index (χ1) is 6.61. The minimum atomic E-state index is 0.690. The van der Waals surface area contributed by atoms with Crippen molar-refractivity contribution in [1.29, 1.82) is 0 Å². The Kier molecular flexibility index (Phi) is 4.90. The lowest BCUT2D eigenvalue weighted by Crippen LogP contribution is -2.39. The van der Waals surface area contributed by atoms with E-state index in [0.717, 1.165) is 18.5 Å². The van der Waals surface area contributed by atoms with Crippen LogP contribution in [-0.4, -0.2) is 37.1 Å². The van der Waals surface area contributed by atoms with Crippen LogP contribution in [0.4, 0.5) is 0 Å². The van der Waals surface area contributed by atoms with Gasteiger partial charge in [0.05, 0.1) is 0 Å². The van der Waals surface area contributed by atoms with Crippen molar-refractivity contribution in [2.24, 2.45) is 5.92 Å². The molecule has 1 N–H and O–H groups in total. The molecular weight excluding hydrogens is 172 g/mol. The van der Waals surface area contributed by atoms with E-state index in [1.807, 2.05) is 0 Å². The summed E-state index contributed by atoms with van der Waals surface area (Å²) < 4.78 is 0. The molecule has 1 aliphatic rings. The molecule has 1 atom stereocenters. The molecule has 84 valence electrons. The van der Waals surface area contributed by atoms with Crippen LogP contribution in [0.15, 0.2) is 0 Å². The molecule has 0 aliphatic heterocycles. The van der Waals surface area contributed by atoms with Crippen molar-refractivity contribution in [3.8, 4) is 0 Å². The summed E-state index contributed by atoms with van der Waals surface area (Å²) in [5, 5.41) is 3.54. The Balaban J connectivity index is 1.99. The van der Waals surface area contributed by atoms with Crippen molar-refractivity contribution in [3.05, 3.63) is 0 Å². The van der Waals surface area contributed by atoms with Crippen LogP contribution in [0.1, 0.15) is 40.0 Å². The van der Waals surface area contributed by atoms with Crippen LogP contribution in [-0.2, 0) is 0 Å². The highest BCUT2D eigenvalue weighted by molar-refractivity contribution is 4.85. The van der Waals surface area contributed by atoms with Gasteiger partial charge >= 0.3 is 0 Å². The van der Waals surface area contributed by atoms with Crippen molar-refractivity contribution in [2.75, 3.05) is 20.1 Å². The minimum Gasteiger partial charge on any atom is -0.315 e. The summed E-state index contributed by atoms with van der Waals surface area (Å²) in [4.78, 5) is 2.52. The number of likely N-dealkylation sites (N-methyl/N-ethyl adjacent to an activating group) is 1. The second-order valence-corrected chi connectivity index (χ2v) is 5.13. The van der Waals surface area contributed by atoms with Gasteiger partial charge in [-0.1, -0.05) is 13.8 Å². The Hall–Kier alpha value is -0.0800. The maximum absolute atomic E-state index is 3.54. The quantitative estimate of drug-likeness (QED) is 0.630. The van der Waals surface area contributed by atoms with Crippen molar-refractivity contribution in [1.82, 2.24) is 10.2 Å². The second kappa shape index (κ2) is 5.72. The van der Waals surface area contributed by atoms with Gasteiger partial charge in [-0.05, 0) is 45.7 Å². The molecule has 1 saturated carbocycles. The summed E-state index contributed by atoms with van der Waals surface area (Å²) in [7, 11) is 2.26. The van der Waals surface area contributed by atoms with Gasteiger partial charge in [-0.25, -0.2) is 0 Å². The molecule has 1 aliphatic carbocycles. The van der Waals surface area contributed by atoms with Crippen LogP contribution in [0.3, 0.4) is 0 Å². The third kappa shape index (κ3) is 4.43. The summed E-state index contributed by atoms with van der Waals surface area (Å²) in [5.74, 6) is 0.818. The third-order valence-electron chi connectivity index (χ3n) is 3.16. The topological polar surface area (TPSA) is 15.3 Å². The third-order valence-corrected chi connectivity index (χ3v) is 3.16. The van der Waals surface area contributed by atoms with E-state index in [2.05, 4.69) is 38.0 Å². The zero-order valence-electron chi connectivity index (χ0n) is 10.2. The fourth-order valence-corrected chi connectivity index (χ4v) is 1.69. The molecule has 0 spiro atoms. The van der Waals surface area contributed by atoms with Crippen LogP contribution >= 0.6 is 0 Å². The summed E-state index contributed by atoms with van der Waals surface area (Å²) in [6.45, 7) is 9.18. The molecule has 0 aromatic carbocycles. The highest BCUT2D eigenvalue weighted by Crippen LogP contribution is 2.26. The van der Waals surface area contributed by atoms with Crippen LogP contribution in [0.5, 0.6) is 0 Å². The van der Waals surface area contributed by atoms with E-state index in [-0.39, 0.29) is 0 Å². The SMILES string of the molecule is CC(C)CCNCC(C)N(C)C1CC1. The highest BCUT2D eigenvalue weighted by Gasteiger charge is 2.28. The summed E-state index contributed by atoms with van der Waals surface area (Å²) in [5.41, 5.74) is 0. The molecule has 0 heterocycles. The van der Waals surface area contributed by atoms with Gasteiger partial charge in [0.1, 0.15) is 0 Å². The monoisotopic (exact) mass is 198 g/mol. The zero-order valence-corrected chi connectivity index (χ0v) is 10.2. The van der Waals surface area contributed by atoms with Gasteiger partial charge in [0.15, 0.2) is 0 Å². The van der Waals surface area contributed by atoms with Gasteiger partial charge in [-0.2, -0.15) is 0 Å². The summed E-state index contributed by atoms with van der Waals surface area (Å²) in [6, 6.07) is 1.58. The van der Waals surface area contributed by atoms with Crippen LogP contribution in [0.25, 0.3) is 0 Å². The van der Waals surface area contributed by atoms with E-state index in [9.17, 15) is 0 Å². The van der Waals surface area contributed by atoms with Gasteiger partial charge in [0.2, 0.25) is 0 Å². The molecule has 1 fully saturated rings. The predicted molar refractivity (Wildman–Crippen MR) is 62.6 cm³/mol. The first-order valence-corrected chi connectivity index (χ1v) is 6.04. The van der Waals surface area contributed by atoms with E-state index in [0.29, 0.717) is 6.04 Å². The van der Waals surface area contributed by atoms with Crippen LogP contribution in [0.2, 0.25) is 0 Å². The van der Waals surface area contributed by atoms with Crippen LogP contribution < -0.4 is 5.32 Å². The molecule has 2 heteroatoms. The smallest absolute Gasteiger partial charge is 0.0192 e. The lowest BCUT2D eigenvalue weighted by atomic mass is 10.1. The molecule has 14 heavy (non-hydrogen) atoms. The van der Waals surface area contributed by atoms with E-state index in [1.54, 1.807) is 0 Å². The number of rotatable bonds is 7. The largest absolute Gasteiger partial charge is 0.315 e.